The molecule has 0 fully saturated rings. The zero-order valence-corrected chi connectivity index (χ0v) is 20.8. The van der Waals surface area contributed by atoms with Gasteiger partial charge < -0.3 is 10.3 Å². The number of halogens is 1. The van der Waals surface area contributed by atoms with Gasteiger partial charge in [-0.05, 0) is 69.2 Å². The van der Waals surface area contributed by atoms with Crippen molar-refractivity contribution in [2.75, 3.05) is 4.72 Å². The molecule has 0 aliphatic rings. The van der Waals surface area contributed by atoms with Gasteiger partial charge in [-0.25, -0.2) is 17.8 Å². The fourth-order valence-electron chi connectivity index (χ4n) is 3.87. The Bertz CT molecular complexity index is 1520. The number of benzene rings is 2. The van der Waals surface area contributed by atoms with Gasteiger partial charge in [-0.1, -0.05) is 25.1 Å². The summed E-state index contributed by atoms with van der Waals surface area (Å²) in [6.45, 7) is 6.67. The topological polar surface area (TPSA) is 107 Å². The van der Waals surface area contributed by atoms with Crippen LogP contribution in [0.3, 0.4) is 0 Å². The molecule has 2 aromatic carbocycles. The maximum Gasteiger partial charge on any atom is 0.251 e. The molecule has 4 rings (SSSR count). The fourth-order valence-corrected chi connectivity index (χ4v) is 4.57. The quantitative estimate of drug-likeness (QED) is 0.392. The molecule has 0 saturated carbocycles. The third kappa shape index (κ3) is 4.39. The highest BCUT2D eigenvalue weighted by Gasteiger charge is 2.30. The monoisotopic (exact) mass is 494 g/mol. The summed E-state index contributed by atoms with van der Waals surface area (Å²) in [4.78, 5) is 16.9. The predicted molar refractivity (Wildman–Crippen MR) is 137 cm³/mol. The minimum atomic E-state index is -3.68. The Balaban J connectivity index is 1.99. The van der Waals surface area contributed by atoms with Crippen LogP contribution in [-0.4, -0.2) is 28.6 Å². The van der Waals surface area contributed by atoms with Gasteiger partial charge in [0.25, 0.3) is 5.91 Å². The molecule has 0 unspecified atom stereocenters. The van der Waals surface area contributed by atoms with Crippen molar-refractivity contribution < 1.29 is 17.6 Å². The van der Waals surface area contributed by atoms with Gasteiger partial charge in [-0.15, -0.1) is 0 Å². The molecular formula is C26H27FN4O3S. The summed E-state index contributed by atoms with van der Waals surface area (Å²) in [5.74, 6) is -1.18. The van der Waals surface area contributed by atoms with E-state index >= 15 is 4.39 Å². The van der Waals surface area contributed by atoms with Crippen molar-refractivity contribution in [3.05, 3.63) is 77.7 Å². The maximum absolute atomic E-state index is 15.3. The number of nitrogens with two attached hydrogens (primary N) is 1. The second kappa shape index (κ2) is 8.81. The van der Waals surface area contributed by atoms with Crippen LogP contribution in [0.2, 0.25) is 0 Å². The maximum atomic E-state index is 15.3. The number of sulfonamides is 1. The van der Waals surface area contributed by atoms with E-state index in [2.05, 4.69) is 9.71 Å². The van der Waals surface area contributed by atoms with Gasteiger partial charge in [0, 0.05) is 22.8 Å². The van der Waals surface area contributed by atoms with Gasteiger partial charge in [0.15, 0.2) is 0 Å². The van der Waals surface area contributed by atoms with Crippen molar-refractivity contribution in [3.63, 3.8) is 0 Å². The molecule has 2 heterocycles. The van der Waals surface area contributed by atoms with Crippen LogP contribution >= 0.6 is 0 Å². The number of nitrogens with one attached hydrogen (secondary N) is 1. The molecule has 35 heavy (non-hydrogen) atoms. The first-order chi connectivity index (χ1) is 16.4. The first kappa shape index (κ1) is 24.4. The minimum absolute atomic E-state index is 0.0360. The molecule has 7 nitrogen and oxygen atoms in total. The van der Waals surface area contributed by atoms with E-state index in [-0.39, 0.29) is 16.8 Å². The number of para-hydroxylation sites is 1. The standard InChI is InChI=1S/C26H27FN4O3S/c1-5-16-13-19(27)22-20(14-16)31(18-9-7-6-8-10-18)24(23(22)25(28)32)17-11-12-21(29-15-17)30-35(33,34)26(2,3)4/h6-15H,5H2,1-4H3,(H2,28,32)(H,29,30). The second-order valence-electron chi connectivity index (χ2n) is 9.23. The van der Waals surface area contributed by atoms with Gasteiger partial charge in [0.2, 0.25) is 10.0 Å². The largest absolute Gasteiger partial charge is 0.366 e. The van der Waals surface area contributed by atoms with Crippen LogP contribution in [0, 0.1) is 5.82 Å². The minimum Gasteiger partial charge on any atom is -0.366 e. The lowest BCUT2D eigenvalue weighted by atomic mass is 10.0. The van der Waals surface area contributed by atoms with E-state index in [0.29, 0.717) is 28.9 Å². The average Bonchev–Trinajstić information content (AvgIpc) is 3.15. The number of hydrogen-bond acceptors (Lipinski definition) is 4. The summed E-state index contributed by atoms with van der Waals surface area (Å²) in [5.41, 5.74) is 8.67. The number of carbonyl (C=O) groups is 1. The lowest BCUT2D eigenvalue weighted by Crippen LogP contribution is -2.33. The molecular weight excluding hydrogens is 467 g/mol. The molecule has 0 radical (unpaired) electrons. The van der Waals surface area contributed by atoms with Crippen molar-refractivity contribution in [3.8, 4) is 16.9 Å². The summed E-state index contributed by atoms with van der Waals surface area (Å²) < 4.78 is 43.6. The van der Waals surface area contributed by atoms with Crippen LogP contribution in [0.15, 0.2) is 60.8 Å². The Morgan fingerprint density at radius 3 is 2.34 bits per heavy atom. The summed E-state index contributed by atoms with van der Waals surface area (Å²) in [6.07, 6.45) is 2.05. The van der Waals surface area contributed by atoms with E-state index in [4.69, 9.17) is 5.73 Å². The van der Waals surface area contributed by atoms with Crippen LogP contribution in [0.4, 0.5) is 10.2 Å². The molecule has 0 bridgehead atoms. The summed E-state index contributed by atoms with van der Waals surface area (Å²) in [5, 5.41) is 0.131. The number of primary amides is 1. The van der Waals surface area contributed by atoms with Crippen LogP contribution < -0.4 is 10.5 Å². The van der Waals surface area contributed by atoms with Crippen LogP contribution in [-0.2, 0) is 16.4 Å². The van der Waals surface area contributed by atoms with Crippen molar-refractivity contribution >= 4 is 32.7 Å². The number of fused-ring (bicyclic) bond motifs is 1. The number of aryl methyl sites for hydroxylation is 1. The number of carbonyl (C=O) groups excluding carboxylic acids is 1. The molecule has 0 aliphatic heterocycles. The molecule has 0 saturated heterocycles. The summed E-state index contributed by atoms with van der Waals surface area (Å²) in [7, 11) is -3.68. The van der Waals surface area contributed by atoms with E-state index in [1.807, 2.05) is 43.3 Å². The Morgan fingerprint density at radius 1 is 1.11 bits per heavy atom. The number of pyridine rings is 1. The summed E-state index contributed by atoms with van der Waals surface area (Å²) >= 11 is 0. The van der Waals surface area contributed by atoms with Crippen LogP contribution in [0.25, 0.3) is 27.8 Å². The number of anilines is 1. The molecule has 0 atom stereocenters. The highest BCUT2D eigenvalue weighted by Crippen LogP contribution is 2.38. The molecule has 0 aliphatic carbocycles. The normalized spacial score (nSPS) is 12.1. The van der Waals surface area contributed by atoms with Crippen molar-refractivity contribution in [1.82, 2.24) is 9.55 Å². The predicted octanol–water partition coefficient (Wildman–Crippen LogP) is 5.03. The van der Waals surface area contributed by atoms with Gasteiger partial charge in [0.05, 0.1) is 21.5 Å². The SMILES string of the molecule is CCc1cc(F)c2c(C(N)=O)c(-c3ccc(NS(=O)(=O)C(C)(C)C)nc3)n(-c3ccccc3)c2c1. The Hall–Kier alpha value is -3.72. The van der Waals surface area contributed by atoms with Crippen LogP contribution in [0.5, 0.6) is 0 Å². The average molecular weight is 495 g/mol. The summed E-state index contributed by atoms with van der Waals surface area (Å²) in [6, 6.07) is 15.6. The Morgan fingerprint density at radius 2 is 1.80 bits per heavy atom. The lowest BCUT2D eigenvalue weighted by Gasteiger charge is -2.20. The number of aromatic nitrogens is 2. The van der Waals surface area contributed by atoms with Crippen molar-refractivity contribution in [2.45, 2.75) is 38.9 Å². The van der Waals surface area contributed by atoms with E-state index in [0.717, 1.165) is 5.56 Å². The number of amides is 1. The molecule has 1 amide bonds. The van der Waals surface area contributed by atoms with Crippen molar-refractivity contribution in [1.29, 1.82) is 0 Å². The third-order valence-electron chi connectivity index (χ3n) is 5.83. The Kier molecular flexibility index (Phi) is 6.14. The number of hydrogen-bond donors (Lipinski definition) is 2. The lowest BCUT2D eigenvalue weighted by molar-refractivity contribution is 0.100. The van der Waals surface area contributed by atoms with E-state index in [1.165, 1.54) is 18.3 Å². The highest BCUT2D eigenvalue weighted by molar-refractivity contribution is 7.94. The second-order valence-corrected chi connectivity index (χ2v) is 11.7. The van der Waals surface area contributed by atoms with Gasteiger partial charge in [0.1, 0.15) is 11.6 Å². The first-order valence-electron chi connectivity index (χ1n) is 11.2. The first-order valence-corrected chi connectivity index (χ1v) is 12.6. The fraction of sp³-hybridized carbons (Fsp3) is 0.231. The van der Waals surface area contributed by atoms with E-state index in [9.17, 15) is 13.2 Å². The molecule has 2 aromatic heterocycles. The molecule has 3 N–H and O–H groups in total. The van der Waals surface area contributed by atoms with Gasteiger partial charge in [-0.3, -0.25) is 9.52 Å². The molecule has 9 heteroatoms. The zero-order chi connectivity index (χ0) is 25.5. The zero-order valence-electron chi connectivity index (χ0n) is 20.0. The molecule has 4 aromatic rings. The van der Waals surface area contributed by atoms with Gasteiger partial charge in [-0.2, -0.15) is 0 Å². The van der Waals surface area contributed by atoms with E-state index in [1.54, 1.807) is 31.4 Å². The third-order valence-corrected chi connectivity index (χ3v) is 7.92. The van der Waals surface area contributed by atoms with E-state index < -0.39 is 26.5 Å². The van der Waals surface area contributed by atoms with Crippen LogP contribution in [0.1, 0.15) is 43.6 Å². The molecule has 182 valence electrons. The van der Waals surface area contributed by atoms with Crippen molar-refractivity contribution in [2.24, 2.45) is 5.73 Å². The Labute approximate surface area is 203 Å². The molecule has 0 spiro atoms. The highest BCUT2D eigenvalue weighted by atomic mass is 32.2. The number of nitrogens with zero attached hydrogens (tertiary/aromatic N) is 2. The smallest absolute Gasteiger partial charge is 0.251 e. The number of rotatable bonds is 6. The van der Waals surface area contributed by atoms with Gasteiger partial charge >= 0.3 is 0 Å².